The minimum atomic E-state index is -0.338. The van der Waals surface area contributed by atoms with Crippen molar-refractivity contribution in [2.45, 2.75) is 0 Å². The van der Waals surface area contributed by atoms with Crippen LogP contribution in [-0.2, 0) is 0 Å². The molecule has 8 heteroatoms. The summed E-state index contributed by atoms with van der Waals surface area (Å²) in [5.74, 6) is 0.766. The van der Waals surface area contributed by atoms with Gasteiger partial charge in [-0.2, -0.15) is 0 Å². The Morgan fingerprint density at radius 2 is 0.719 bits per heavy atom. The van der Waals surface area contributed by atoms with Crippen molar-refractivity contribution < 1.29 is 39.7 Å². The van der Waals surface area contributed by atoms with E-state index in [1.54, 1.807) is 30.3 Å². The van der Waals surface area contributed by atoms with Crippen molar-refractivity contribution in [3.63, 3.8) is 0 Å². The molecule has 0 aliphatic heterocycles. The number of hydrogen-bond donors (Lipinski definition) is 5. The third kappa shape index (κ3) is 4.88. The first kappa shape index (κ1) is 20.5. The van der Waals surface area contributed by atoms with Gasteiger partial charge in [0.1, 0.15) is 40.2 Å². The zero-order chi connectivity index (χ0) is 22.7. The lowest BCUT2D eigenvalue weighted by molar-refractivity contribution is 0.395. The molecule has 0 unspecified atom stereocenters. The molecule has 0 spiro atoms. The summed E-state index contributed by atoms with van der Waals surface area (Å²) >= 11 is 0. The van der Waals surface area contributed by atoms with Gasteiger partial charge in [-0.3, -0.25) is 0 Å². The molecule has 0 fully saturated rings. The maximum Gasteiger partial charge on any atom is 0.161 e. The van der Waals surface area contributed by atoms with Gasteiger partial charge in [0.25, 0.3) is 0 Å². The van der Waals surface area contributed by atoms with Crippen molar-refractivity contribution in [1.29, 1.82) is 0 Å². The number of ether oxygens (including phenoxy) is 3. The van der Waals surface area contributed by atoms with E-state index in [2.05, 4.69) is 0 Å². The molecule has 0 aliphatic rings. The highest BCUT2D eigenvalue weighted by molar-refractivity contribution is 5.50. The number of benzene rings is 4. The first-order chi connectivity index (χ1) is 15.4. The van der Waals surface area contributed by atoms with Crippen LogP contribution in [0.4, 0.5) is 0 Å². The van der Waals surface area contributed by atoms with Crippen molar-refractivity contribution in [3.05, 3.63) is 78.9 Å². The lowest BCUT2D eigenvalue weighted by Gasteiger charge is -2.13. The van der Waals surface area contributed by atoms with E-state index in [4.69, 9.17) is 14.2 Å². The van der Waals surface area contributed by atoms with Gasteiger partial charge in [0, 0.05) is 30.3 Å². The van der Waals surface area contributed by atoms with Crippen LogP contribution in [-0.4, -0.2) is 25.5 Å². The molecule has 0 aliphatic carbocycles. The molecule has 5 N–H and O–H groups in total. The maximum atomic E-state index is 9.70. The smallest absolute Gasteiger partial charge is 0.161 e. The normalized spacial score (nSPS) is 10.5. The van der Waals surface area contributed by atoms with Gasteiger partial charge in [-0.25, -0.2) is 0 Å². The Bertz CT molecular complexity index is 1180. The molecule has 4 rings (SSSR count). The quantitative estimate of drug-likeness (QED) is 0.248. The van der Waals surface area contributed by atoms with E-state index >= 15 is 0 Å². The van der Waals surface area contributed by atoms with Crippen LogP contribution in [0.1, 0.15) is 0 Å². The van der Waals surface area contributed by atoms with Crippen LogP contribution in [0.25, 0.3) is 0 Å². The molecule has 162 valence electrons. The van der Waals surface area contributed by atoms with E-state index in [1.165, 1.54) is 48.5 Å². The fourth-order valence-electron chi connectivity index (χ4n) is 2.78. The Hall–Kier alpha value is -4.72. The standard InChI is InChI=1S/C24H18O8/c25-14-1-3-15(4-2-14)30-18-9-19(31-16-5-7-21(26)23(28)12-16)11-20(10-18)32-17-6-8-22(27)24(29)13-17/h1-13,25-29H. The fraction of sp³-hybridized carbons (Fsp3) is 0. The summed E-state index contributed by atoms with van der Waals surface area (Å²) in [6.07, 6.45) is 0. The summed E-state index contributed by atoms with van der Waals surface area (Å²) in [6, 6.07) is 18.9. The SMILES string of the molecule is Oc1ccc(Oc2cc(Oc3ccc(O)c(O)c3)cc(Oc3ccc(O)c(O)c3)c2)cc1. The number of aromatic hydroxyl groups is 5. The van der Waals surface area contributed by atoms with Gasteiger partial charge >= 0.3 is 0 Å². The molecule has 4 aromatic carbocycles. The lowest BCUT2D eigenvalue weighted by atomic mass is 10.2. The highest BCUT2D eigenvalue weighted by atomic mass is 16.5. The zero-order valence-electron chi connectivity index (χ0n) is 16.5. The molecular weight excluding hydrogens is 416 g/mol. The Morgan fingerprint density at radius 3 is 1.12 bits per heavy atom. The molecule has 0 saturated carbocycles. The van der Waals surface area contributed by atoms with Crippen LogP contribution >= 0.6 is 0 Å². The van der Waals surface area contributed by atoms with Crippen molar-refractivity contribution >= 4 is 0 Å². The maximum absolute atomic E-state index is 9.70. The van der Waals surface area contributed by atoms with Gasteiger partial charge in [-0.05, 0) is 48.5 Å². The molecule has 0 atom stereocenters. The lowest BCUT2D eigenvalue weighted by Crippen LogP contribution is -1.91. The van der Waals surface area contributed by atoms with Gasteiger partial charge in [-0.1, -0.05) is 0 Å². The molecule has 0 heterocycles. The monoisotopic (exact) mass is 434 g/mol. The molecule has 4 aromatic rings. The predicted octanol–water partition coefficient (Wildman–Crippen LogP) is 5.59. The second-order valence-electron chi connectivity index (χ2n) is 6.74. The summed E-state index contributed by atoms with van der Waals surface area (Å²) in [4.78, 5) is 0. The van der Waals surface area contributed by atoms with Gasteiger partial charge in [0.15, 0.2) is 23.0 Å². The highest BCUT2D eigenvalue weighted by Gasteiger charge is 2.10. The van der Waals surface area contributed by atoms with Crippen LogP contribution in [0.5, 0.6) is 63.2 Å². The van der Waals surface area contributed by atoms with E-state index in [1.807, 2.05) is 0 Å². The number of phenols is 5. The van der Waals surface area contributed by atoms with Crippen molar-refractivity contribution in [2.75, 3.05) is 0 Å². The second-order valence-corrected chi connectivity index (χ2v) is 6.74. The Balaban J connectivity index is 1.66. The third-order valence-electron chi connectivity index (χ3n) is 4.29. The molecule has 0 aromatic heterocycles. The van der Waals surface area contributed by atoms with Crippen LogP contribution in [0, 0.1) is 0 Å². The predicted molar refractivity (Wildman–Crippen MR) is 114 cm³/mol. The highest BCUT2D eigenvalue weighted by Crippen LogP contribution is 2.38. The van der Waals surface area contributed by atoms with Crippen LogP contribution in [0.2, 0.25) is 0 Å². The molecule has 0 radical (unpaired) electrons. The van der Waals surface area contributed by atoms with Crippen molar-refractivity contribution in [1.82, 2.24) is 0 Å². The molecule has 0 saturated heterocycles. The van der Waals surface area contributed by atoms with E-state index in [9.17, 15) is 25.5 Å². The van der Waals surface area contributed by atoms with Crippen LogP contribution < -0.4 is 14.2 Å². The summed E-state index contributed by atoms with van der Waals surface area (Å²) < 4.78 is 17.4. The van der Waals surface area contributed by atoms with Gasteiger partial charge < -0.3 is 39.7 Å². The van der Waals surface area contributed by atoms with Crippen molar-refractivity contribution in [2.24, 2.45) is 0 Å². The van der Waals surface area contributed by atoms with E-state index in [0.29, 0.717) is 23.0 Å². The second kappa shape index (κ2) is 8.57. The fourth-order valence-corrected chi connectivity index (χ4v) is 2.78. The first-order valence-electron chi connectivity index (χ1n) is 9.37. The van der Waals surface area contributed by atoms with E-state index in [-0.39, 0.29) is 40.2 Å². The van der Waals surface area contributed by atoms with Gasteiger partial charge in [-0.15, -0.1) is 0 Å². The summed E-state index contributed by atoms with van der Waals surface area (Å²) in [7, 11) is 0. The molecule has 0 amide bonds. The number of phenolic OH excluding ortho intramolecular Hbond substituents is 5. The third-order valence-corrected chi connectivity index (χ3v) is 4.29. The Morgan fingerprint density at radius 1 is 0.344 bits per heavy atom. The van der Waals surface area contributed by atoms with Crippen LogP contribution in [0.3, 0.4) is 0 Å². The van der Waals surface area contributed by atoms with Crippen LogP contribution in [0.15, 0.2) is 78.9 Å². The van der Waals surface area contributed by atoms with E-state index < -0.39 is 0 Å². The van der Waals surface area contributed by atoms with Crippen molar-refractivity contribution in [3.8, 4) is 63.2 Å². The van der Waals surface area contributed by atoms with E-state index in [0.717, 1.165) is 0 Å². The first-order valence-corrected chi connectivity index (χ1v) is 9.37. The largest absolute Gasteiger partial charge is 0.508 e. The summed E-state index contributed by atoms with van der Waals surface area (Å²) in [5.41, 5.74) is 0. The average molecular weight is 434 g/mol. The molecule has 0 bridgehead atoms. The minimum Gasteiger partial charge on any atom is -0.508 e. The Kier molecular flexibility index (Phi) is 5.50. The summed E-state index contributed by atoms with van der Waals surface area (Å²) in [6.45, 7) is 0. The topological polar surface area (TPSA) is 129 Å². The number of hydrogen-bond acceptors (Lipinski definition) is 8. The van der Waals surface area contributed by atoms with Gasteiger partial charge in [0.05, 0.1) is 0 Å². The average Bonchev–Trinajstić information content (AvgIpc) is 2.75. The van der Waals surface area contributed by atoms with Gasteiger partial charge in [0.2, 0.25) is 0 Å². The Labute approximate surface area is 182 Å². The summed E-state index contributed by atoms with van der Waals surface area (Å²) in [5, 5.41) is 47.8. The molecule has 8 nitrogen and oxygen atoms in total. The number of rotatable bonds is 6. The molecular formula is C24H18O8. The molecule has 32 heavy (non-hydrogen) atoms. The minimum absolute atomic E-state index is 0.0951. The zero-order valence-corrected chi connectivity index (χ0v) is 16.5.